The van der Waals surface area contributed by atoms with Crippen molar-refractivity contribution in [3.63, 3.8) is 0 Å². The van der Waals surface area contributed by atoms with Crippen LogP contribution in [0.25, 0.3) is 0 Å². The van der Waals surface area contributed by atoms with Crippen molar-refractivity contribution in [3.05, 3.63) is 18.1 Å². The SMILES string of the molecule is Cc1nccc(N2CCCC(C(=O)N3CCC(F)(F)CC3)C2)n1. The normalized spacial score (nSPS) is 24.6. The number of piperidine rings is 2. The molecule has 2 fully saturated rings. The van der Waals surface area contributed by atoms with E-state index in [4.69, 9.17) is 0 Å². The topological polar surface area (TPSA) is 49.3 Å². The molecule has 0 radical (unpaired) electrons. The lowest BCUT2D eigenvalue weighted by Crippen LogP contribution is -2.49. The molecule has 0 aliphatic carbocycles. The standard InChI is InChI=1S/C16H22F2N4O/c1-12-19-7-4-14(20-12)22-8-2-3-13(11-22)15(23)21-9-5-16(17,18)6-10-21/h4,7,13H,2-3,5-6,8-11H2,1H3. The maximum atomic E-state index is 13.2. The minimum atomic E-state index is -2.62. The quantitative estimate of drug-likeness (QED) is 0.837. The summed E-state index contributed by atoms with van der Waals surface area (Å²) in [5.74, 6) is -1.20. The van der Waals surface area contributed by atoms with E-state index < -0.39 is 5.92 Å². The highest BCUT2D eigenvalue weighted by Gasteiger charge is 2.38. The van der Waals surface area contributed by atoms with Crippen LogP contribution in [-0.4, -0.2) is 52.9 Å². The van der Waals surface area contributed by atoms with Crippen molar-refractivity contribution in [3.8, 4) is 0 Å². The van der Waals surface area contributed by atoms with Gasteiger partial charge in [-0.15, -0.1) is 0 Å². The summed E-state index contributed by atoms with van der Waals surface area (Å²) < 4.78 is 26.5. The molecule has 1 unspecified atom stereocenters. The molecule has 1 amide bonds. The first kappa shape index (κ1) is 16.1. The Kier molecular flexibility index (Phi) is 4.46. The van der Waals surface area contributed by atoms with Crippen LogP contribution in [0.1, 0.15) is 31.5 Å². The average Bonchev–Trinajstić information content (AvgIpc) is 2.54. The molecule has 126 valence electrons. The molecule has 2 aliphatic rings. The lowest BCUT2D eigenvalue weighted by atomic mass is 9.95. The Balaban J connectivity index is 1.63. The first-order chi connectivity index (χ1) is 10.9. The predicted molar refractivity (Wildman–Crippen MR) is 82.5 cm³/mol. The van der Waals surface area contributed by atoms with Crippen LogP contribution in [0, 0.1) is 12.8 Å². The molecular weight excluding hydrogens is 302 g/mol. The number of anilines is 1. The molecule has 0 N–H and O–H groups in total. The van der Waals surface area contributed by atoms with Gasteiger partial charge in [-0.3, -0.25) is 4.79 Å². The molecule has 1 aromatic heterocycles. The lowest BCUT2D eigenvalue weighted by molar-refractivity contribution is -0.141. The molecule has 2 aliphatic heterocycles. The van der Waals surface area contributed by atoms with Gasteiger partial charge in [-0.05, 0) is 25.8 Å². The molecule has 1 aromatic rings. The van der Waals surface area contributed by atoms with E-state index in [0.717, 1.165) is 25.2 Å². The maximum absolute atomic E-state index is 13.2. The van der Waals surface area contributed by atoms with Crippen LogP contribution in [0.5, 0.6) is 0 Å². The first-order valence-electron chi connectivity index (χ1n) is 8.16. The Labute approximate surface area is 134 Å². The maximum Gasteiger partial charge on any atom is 0.251 e. The number of hydrogen-bond acceptors (Lipinski definition) is 4. The van der Waals surface area contributed by atoms with Crippen molar-refractivity contribution in [2.45, 2.75) is 38.5 Å². The first-order valence-corrected chi connectivity index (χ1v) is 8.16. The summed E-state index contributed by atoms with van der Waals surface area (Å²) in [5, 5.41) is 0. The van der Waals surface area contributed by atoms with Crippen LogP contribution in [-0.2, 0) is 4.79 Å². The lowest BCUT2D eigenvalue weighted by Gasteiger charge is -2.38. The number of hydrogen-bond donors (Lipinski definition) is 0. The van der Waals surface area contributed by atoms with Gasteiger partial charge in [0.25, 0.3) is 5.92 Å². The molecule has 0 aromatic carbocycles. The summed E-state index contributed by atoms with van der Waals surface area (Å²) in [5.41, 5.74) is 0. The van der Waals surface area contributed by atoms with Gasteiger partial charge in [0.05, 0.1) is 5.92 Å². The molecule has 0 spiro atoms. The fraction of sp³-hybridized carbons (Fsp3) is 0.688. The molecule has 5 nitrogen and oxygen atoms in total. The van der Waals surface area contributed by atoms with Gasteiger partial charge in [-0.2, -0.15) is 0 Å². The second-order valence-corrected chi connectivity index (χ2v) is 6.43. The fourth-order valence-electron chi connectivity index (χ4n) is 3.32. The van der Waals surface area contributed by atoms with E-state index in [9.17, 15) is 13.6 Å². The molecule has 0 bridgehead atoms. The van der Waals surface area contributed by atoms with Crippen molar-refractivity contribution in [2.75, 3.05) is 31.1 Å². The van der Waals surface area contributed by atoms with Gasteiger partial charge in [-0.25, -0.2) is 18.7 Å². The Morgan fingerprint density at radius 1 is 1.30 bits per heavy atom. The van der Waals surface area contributed by atoms with Crippen LogP contribution < -0.4 is 4.90 Å². The van der Waals surface area contributed by atoms with Crippen LogP contribution in [0.2, 0.25) is 0 Å². The number of amides is 1. The number of carbonyl (C=O) groups excluding carboxylic acids is 1. The molecular formula is C16H22F2N4O. The Hall–Kier alpha value is -1.79. The predicted octanol–water partition coefficient (Wildman–Crippen LogP) is 2.26. The van der Waals surface area contributed by atoms with Gasteiger partial charge in [0, 0.05) is 45.2 Å². The van der Waals surface area contributed by atoms with E-state index in [0.29, 0.717) is 12.4 Å². The number of alkyl halides is 2. The third-order valence-corrected chi connectivity index (χ3v) is 4.66. The average molecular weight is 324 g/mol. The molecule has 3 heterocycles. The van der Waals surface area contributed by atoms with Gasteiger partial charge in [0.15, 0.2) is 0 Å². The van der Waals surface area contributed by atoms with Crippen LogP contribution in [0.15, 0.2) is 12.3 Å². The minimum absolute atomic E-state index is 0.0102. The number of likely N-dealkylation sites (tertiary alicyclic amines) is 1. The summed E-state index contributed by atoms with van der Waals surface area (Å²) in [6.07, 6.45) is 2.99. The Morgan fingerprint density at radius 3 is 2.74 bits per heavy atom. The number of halogens is 2. The van der Waals surface area contributed by atoms with Crippen molar-refractivity contribution < 1.29 is 13.6 Å². The molecule has 0 saturated carbocycles. The highest BCUT2D eigenvalue weighted by atomic mass is 19.3. The van der Waals surface area contributed by atoms with Gasteiger partial charge in [-0.1, -0.05) is 0 Å². The third-order valence-electron chi connectivity index (χ3n) is 4.66. The number of rotatable bonds is 2. The zero-order valence-electron chi connectivity index (χ0n) is 13.3. The summed E-state index contributed by atoms with van der Waals surface area (Å²) in [6.45, 7) is 3.62. The number of aryl methyl sites for hydroxylation is 1. The molecule has 23 heavy (non-hydrogen) atoms. The molecule has 2 saturated heterocycles. The molecule has 3 rings (SSSR count). The van der Waals surface area contributed by atoms with Crippen molar-refractivity contribution in [1.29, 1.82) is 0 Å². The van der Waals surface area contributed by atoms with Crippen molar-refractivity contribution >= 4 is 11.7 Å². The van der Waals surface area contributed by atoms with Crippen LogP contribution in [0.4, 0.5) is 14.6 Å². The highest BCUT2D eigenvalue weighted by molar-refractivity contribution is 5.79. The van der Waals surface area contributed by atoms with E-state index in [1.807, 2.05) is 13.0 Å². The van der Waals surface area contributed by atoms with E-state index in [1.165, 1.54) is 0 Å². The zero-order valence-corrected chi connectivity index (χ0v) is 13.3. The van der Waals surface area contributed by atoms with E-state index >= 15 is 0 Å². The largest absolute Gasteiger partial charge is 0.356 e. The fourth-order valence-corrected chi connectivity index (χ4v) is 3.32. The van der Waals surface area contributed by atoms with Gasteiger partial charge in [0.2, 0.25) is 5.91 Å². The van der Waals surface area contributed by atoms with Crippen molar-refractivity contribution in [2.24, 2.45) is 5.92 Å². The van der Waals surface area contributed by atoms with Crippen molar-refractivity contribution in [1.82, 2.24) is 14.9 Å². The number of nitrogens with zero attached hydrogens (tertiary/aromatic N) is 4. The zero-order chi connectivity index (χ0) is 16.4. The van der Waals surface area contributed by atoms with E-state index in [-0.39, 0.29) is 37.8 Å². The van der Waals surface area contributed by atoms with Crippen LogP contribution >= 0.6 is 0 Å². The Morgan fingerprint density at radius 2 is 2.04 bits per heavy atom. The smallest absolute Gasteiger partial charge is 0.251 e. The Bertz CT molecular complexity index is 571. The van der Waals surface area contributed by atoms with E-state index in [1.54, 1.807) is 11.1 Å². The third kappa shape index (κ3) is 3.76. The van der Waals surface area contributed by atoms with E-state index in [2.05, 4.69) is 14.9 Å². The van der Waals surface area contributed by atoms with Crippen LogP contribution in [0.3, 0.4) is 0 Å². The summed E-state index contributed by atoms with van der Waals surface area (Å²) in [6, 6.07) is 1.85. The van der Waals surface area contributed by atoms with Gasteiger partial charge >= 0.3 is 0 Å². The minimum Gasteiger partial charge on any atom is -0.356 e. The second-order valence-electron chi connectivity index (χ2n) is 6.43. The van der Waals surface area contributed by atoms with Gasteiger partial charge in [0.1, 0.15) is 11.6 Å². The highest BCUT2D eigenvalue weighted by Crippen LogP contribution is 2.30. The monoisotopic (exact) mass is 324 g/mol. The molecule has 1 atom stereocenters. The summed E-state index contributed by atoms with van der Waals surface area (Å²) in [7, 11) is 0. The summed E-state index contributed by atoms with van der Waals surface area (Å²) in [4.78, 5) is 24.8. The number of aromatic nitrogens is 2. The molecule has 7 heteroatoms. The number of carbonyl (C=O) groups is 1. The summed E-state index contributed by atoms with van der Waals surface area (Å²) >= 11 is 0. The second kappa shape index (κ2) is 6.37. The van der Waals surface area contributed by atoms with Gasteiger partial charge < -0.3 is 9.80 Å².